The van der Waals surface area contributed by atoms with Crippen molar-refractivity contribution in [3.8, 4) is 0 Å². The summed E-state index contributed by atoms with van der Waals surface area (Å²) in [5, 5.41) is 2.71. The van der Waals surface area contributed by atoms with Crippen LogP contribution >= 0.6 is 0 Å². The summed E-state index contributed by atoms with van der Waals surface area (Å²) in [5.74, 6) is -0.880. The fourth-order valence-corrected chi connectivity index (χ4v) is 2.91. The van der Waals surface area contributed by atoms with Gasteiger partial charge < -0.3 is 19.4 Å². The third-order valence-electron chi connectivity index (χ3n) is 4.21. The molecule has 0 fully saturated rings. The summed E-state index contributed by atoms with van der Waals surface area (Å²) < 4.78 is 11.2. The van der Waals surface area contributed by atoms with Crippen molar-refractivity contribution in [1.29, 1.82) is 0 Å². The first-order chi connectivity index (χ1) is 13.4. The fourth-order valence-electron chi connectivity index (χ4n) is 2.91. The standard InChI is InChI=1S/C20H19N3O5/c1-12-21-16-6-4-5-7-17(16)23(12)11-18(24)22-15-9-13(19(25)27-2)8-14(10-15)20(26)28-3/h4-10H,11H2,1-3H3,(H,22,24). The van der Waals surface area contributed by atoms with Crippen LogP contribution in [-0.4, -0.2) is 41.6 Å². The molecule has 0 radical (unpaired) electrons. The highest BCUT2D eigenvalue weighted by Gasteiger charge is 2.16. The molecular formula is C20H19N3O5. The molecule has 1 heterocycles. The van der Waals surface area contributed by atoms with Gasteiger partial charge in [-0.3, -0.25) is 4.79 Å². The van der Waals surface area contributed by atoms with Crippen molar-refractivity contribution in [1.82, 2.24) is 9.55 Å². The summed E-state index contributed by atoms with van der Waals surface area (Å²) in [4.78, 5) is 40.7. The number of nitrogens with zero attached hydrogens (tertiary/aromatic N) is 2. The minimum atomic E-state index is -0.627. The molecule has 0 unspecified atom stereocenters. The molecular weight excluding hydrogens is 362 g/mol. The van der Waals surface area contributed by atoms with E-state index in [4.69, 9.17) is 9.47 Å². The molecule has 0 aliphatic carbocycles. The Morgan fingerprint density at radius 3 is 2.21 bits per heavy atom. The molecule has 0 saturated heterocycles. The number of aromatic nitrogens is 2. The van der Waals surface area contributed by atoms with Crippen molar-refractivity contribution in [2.24, 2.45) is 0 Å². The van der Waals surface area contributed by atoms with Crippen LogP contribution in [0.4, 0.5) is 5.69 Å². The van der Waals surface area contributed by atoms with Crippen molar-refractivity contribution in [3.05, 3.63) is 59.4 Å². The number of fused-ring (bicyclic) bond motifs is 1. The number of carbonyl (C=O) groups is 3. The maximum absolute atomic E-state index is 12.6. The molecule has 0 saturated carbocycles. The molecule has 0 aliphatic heterocycles. The van der Waals surface area contributed by atoms with Gasteiger partial charge in [0, 0.05) is 5.69 Å². The van der Waals surface area contributed by atoms with E-state index in [1.54, 1.807) is 4.57 Å². The van der Waals surface area contributed by atoms with E-state index in [1.165, 1.54) is 32.4 Å². The number of carbonyl (C=O) groups excluding carboxylic acids is 3. The lowest BCUT2D eigenvalue weighted by molar-refractivity contribution is -0.116. The second-order valence-corrected chi connectivity index (χ2v) is 6.06. The smallest absolute Gasteiger partial charge is 0.337 e. The topological polar surface area (TPSA) is 99.5 Å². The van der Waals surface area contributed by atoms with Gasteiger partial charge in [-0.1, -0.05) is 12.1 Å². The van der Waals surface area contributed by atoms with Gasteiger partial charge >= 0.3 is 11.9 Å². The predicted molar refractivity (Wildman–Crippen MR) is 102 cm³/mol. The molecule has 3 rings (SSSR count). The fraction of sp³-hybridized carbons (Fsp3) is 0.200. The van der Waals surface area contributed by atoms with E-state index in [1.807, 2.05) is 31.2 Å². The molecule has 1 N–H and O–H groups in total. The van der Waals surface area contributed by atoms with Crippen molar-refractivity contribution < 1.29 is 23.9 Å². The van der Waals surface area contributed by atoms with Crippen LogP contribution in [0.1, 0.15) is 26.5 Å². The van der Waals surface area contributed by atoms with Gasteiger partial charge in [-0.15, -0.1) is 0 Å². The summed E-state index contributed by atoms with van der Waals surface area (Å²) >= 11 is 0. The third-order valence-corrected chi connectivity index (χ3v) is 4.21. The average Bonchev–Trinajstić information content (AvgIpc) is 3.01. The Labute approximate surface area is 161 Å². The Hall–Kier alpha value is -3.68. The monoisotopic (exact) mass is 381 g/mol. The highest BCUT2D eigenvalue weighted by Crippen LogP contribution is 2.19. The number of aryl methyl sites for hydroxylation is 1. The highest BCUT2D eigenvalue weighted by molar-refractivity contribution is 5.99. The highest BCUT2D eigenvalue weighted by atomic mass is 16.5. The van der Waals surface area contributed by atoms with E-state index in [0.29, 0.717) is 5.82 Å². The second kappa shape index (κ2) is 7.91. The number of nitrogens with one attached hydrogen (secondary N) is 1. The van der Waals surface area contributed by atoms with Crippen molar-refractivity contribution in [2.45, 2.75) is 13.5 Å². The Bertz CT molecular complexity index is 1040. The minimum Gasteiger partial charge on any atom is -0.465 e. The number of rotatable bonds is 5. The lowest BCUT2D eigenvalue weighted by Crippen LogP contribution is -2.20. The van der Waals surface area contributed by atoms with Gasteiger partial charge in [0.05, 0.1) is 36.4 Å². The van der Waals surface area contributed by atoms with E-state index < -0.39 is 11.9 Å². The molecule has 1 amide bonds. The molecule has 144 valence electrons. The molecule has 3 aromatic rings. The Kier molecular flexibility index (Phi) is 5.39. The number of benzene rings is 2. The Morgan fingerprint density at radius 1 is 1.00 bits per heavy atom. The van der Waals surface area contributed by atoms with Gasteiger partial charge in [0.25, 0.3) is 0 Å². The van der Waals surface area contributed by atoms with Gasteiger partial charge in [0.15, 0.2) is 0 Å². The van der Waals surface area contributed by atoms with E-state index in [2.05, 4.69) is 10.3 Å². The first-order valence-electron chi connectivity index (χ1n) is 8.46. The zero-order chi connectivity index (χ0) is 20.3. The maximum atomic E-state index is 12.6. The van der Waals surface area contributed by atoms with Crippen LogP contribution in [0.25, 0.3) is 11.0 Å². The number of hydrogen-bond acceptors (Lipinski definition) is 6. The second-order valence-electron chi connectivity index (χ2n) is 6.06. The molecule has 0 spiro atoms. The molecule has 0 aliphatic rings. The number of anilines is 1. The average molecular weight is 381 g/mol. The maximum Gasteiger partial charge on any atom is 0.337 e. The van der Waals surface area contributed by atoms with Gasteiger partial charge in [-0.2, -0.15) is 0 Å². The van der Waals surface area contributed by atoms with E-state index >= 15 is 0 Å². The summed E-state index contributed by atoms with van der Waals surface area (Å²) in [5.41, 5.74) is 2.19. The van der Waals surface area contributed by atoms with E-state index in [9.17, 15) is 14.4 Å². The van der Waals surface area contributed by atoms with Gasteiger partial charge in [0.2, 0.25) is 5.91 Å². The third kappa shape index (κ3) is 3.85. The molecule has 0 atom stereocenters. The number of esters is 2. The van der Waals surface area contributed by atoms with Gasteiger partial charge in [-0.25, -0.2) is 14.6 Å². The molecule has 8 heteroatoms. The number of para-hydroxylation sites is 2. The molecule has 8 nitrogen and oxygen atoms in total. The van der Waals surface area contributed by atoms with Crippen LogP contribution in [0, 0.1) is 6.92 Å². The SMILES string of the molecule is COC(=O)c1cc(NC(=O)Cn2c(C)nc3ccccc32)cc(C(=O)OC)c1. The largest absolute Gasteiger partial charge is 0.465 e. The molecule has 28 heavy (non-hydrogen) atoms. The number of amides is 1. The van der Waals surface area contributed by atoms with Crippen LogP contribution in [0.15, 0.2) is 42.5 Å². The van der Waals surface area contributed by atoms with Crippen LogP contribution < -0.4 is 5.32 Å². The van der Waals surface area contributed by atoms with Crippen LogP contribution in [0.3, 0.4) is 0 Å². The Morgan fingerprint density at radius 2 is 1.61 bits per heavy atom. The summed E-state index contributed by atoms with van der Waals surface area (Å²) in [6, 6.07) is 11.7. The van der Waals surface area contributed by atoms with E-state index in [-0.39, 0.29) is 29.3 Å². The predicted octanol–water partition coefficient (Wildman–Crippen LogP) is 2.56. The lowest BCUT2D eigenvalue weighted by Gasteiger charge is -2.11. The van der Waals surface area contributed by atoms with Crippen molar-refractivity contribution >= 4 is 34.6 Å². The quantitative estimate of drug-likeness (QED) is 0.682. The normalized spacial score (nSPS) is 10.5. The first kappa shape index (κ1) is 19.1. The van der Waals surface area contributed by atoms with Crippen molar-refractivity contribution in [3.63, 3.8) is 0 Å². The van der Waals surface area contributed by atoms with E-state index in [0.717, 1.165) is 11.0 Å². The van der Waals surface area contributed by atoms with Crippen LogP contribution in [0.2, 0.25) is 0 Å². The molecule has 0 bridgehead atoms. The number of methoxy groups -OCH3 is 2. The summed E-state index contributed by atoms with van der Waals surface area (Å²) in [7, 11) is 2.47. The minimum absolute atomic E-state index is 0.0301. The van der Waals surface area contributed by atoms with Crippen molar-refractivity contribution in [2.75, 3.05) is 19.5 Å². The zero-order valence-electron chi connectivity index (χ0n) is 15.7. The van der Waals surface area contributed by atoms with Crippen LogP contribution in [0.5, 0.6) is 0 Å². The first-order valence-corrected chi connectivity index (χ1v) is 8.46. The van der Waals surface area contributed by atoms with Gasteiger partial charge in [0.1, 0.15) is 12.4 Å². The summed E-state index contributed by atoms with van der Waals surface area (Å²) in [6.07, 6.45) is 0. The summed E-state index contributed by atoms with van der Waals surface area (Å²) in [6.45, 7) is 1.85. The number of hydrogen-bond donors (Lipinski definition) is 1. The molecule has 2 aromatic carbocycles. The van der Waals surface area contributed by atoms with Gasteiger partial charge in [-0.05, 0) is 37.3 Å². The molecule has 1 aromatic heterocycles. The zero-order valence-corrected chi connectivity index (χ0v) is 15.7. The lowest BCUT2D eigenvalue weighted by atomic mass is 10.1. The number of imidazole rings is 1. The van der Waals surface area contributed by atoms with Crippen LogP contribution in [-0.2, 0) is 20.8 Å². The number of ether oxygens (including phenoxy) is 2. The Balaban J connectivity index is 1.87.